The van der Waals surface area contributed by atoms with Crippen LogP contribution in [0.4, 0.5) is 0 Å². The van der Waals surface area contributed by atoms with Crippen molar-refractivity contribution in [2.45, 2.75) is 131 Å². The lowest BCUT2D eigenvalue weighted by atomic mass is 9.73. The van der Waals surface area contributed by atoms with Crippen LogP contribution in [0.3, 0.4) is 0 Å². The maximum atomic E-state index is 12.1. The van der Waals surface area contributed by atoms with E-state index in [1.54, 1.807) is 41.5 Å². The number of rotatable bonds is 10. The molecule has 0 spiro atoms. The number of fused-ring (bicyclic) bond motifs is 4. The van der Waals surface area contributed by atoms with E-state index in [-0.39, 0.29) is 35.6 Å². The zero-order valence-corrected chi connectivity index (χ0v) is 29.0. The summed E-state index contributed by atoms with van der Waals surface area (Å²) in [5.41, 5.74) is -2.87. The fourth-order valence-electron chi connectivity index (χ4n) is 6.29. The highest BCUT2D eigenvalue weighted by Crippen LogP contribution is 2.47. The lowest BCUT2D eigenvalue weighted by Gasteiger charge is -2.38. The molecule has 4 aliphatic rings. The molecule has 0 aromatic rings. The molecule has 4 rings (SSSR count). The van der Waals surface area contributed by atoms with Gasteiger partial charge in [0.1, 0.15) is 23.4 Å². The minimum atomic E-state index is -0.855. The average molecular weight is 653 g/mol. The first-order chi connectivity index (χ1) is 21.2. The Morgan fingerprint density at radius 2 is 1.33 bits per heavy atom. The molecular formula is C34H52O12. The second-order valence-electron chi connectivity index (χ2n) is 15.1. The molecule has 8 unspecified atom stereocenters. The first-order valence-electron chi connectivity index (χ1n) is 16.4. The smallest absolute Gasteiger partial charge is 0.344 e. The van der Waals surface area contributed by atoms with Crippen LogP contribution in [-0.4, -0.2) is 72.4 Å². The topological polar surface area (TPSA) is 158 Å². The van der Waals surface area contributed by atoms with Crippen LogP contribution in [0.2, 0.25) is 0 Å². The summed E-state index contributed by atoms with van der Waals surface area (Å²) in [5, 5.41) is 0. The van der Waals surface area contributed by atoms with E-state index in [4.69, 9.17) is 28.4 Å². The summed E-state index contributed by atoms with van der Waals surface area (Å²) >= 11 is 0. The van der Waals surface area contributed by atoms with Crippen LogP contribution in [0.1, 0.15) is 108 Å². The van der Waals surface area contributed by atoms with Gasteiger partial charge in [-0.05, 0) is 79.1 Å². The molecule has 8 atom stereocenters. The Morgan fingerprint density at radius 3 is 1.87 bits per heavy atom. The minimum absolute atomic E-state index is 0.0978. The lowest BCUT2D eigenvalue weighted by molar-refractivity contribution is -0.186. The van der Waals surface area contributed by atoms with Crippen LogP contribution in [-0.2, 0) is 57.2 Å². The van der Waals surface area contributed by atoms with Crippen molar-refractivity contribution in [1.29, 1.82) is 0 Å². The third-order valence-electron chi connectivity index (χ3n) is 10.5. The summed E-state index contributed by atoms with van der Waals surface area (Å²) < 4.78 is 31.8. The largest absolute Gasteiger partial charge is 0.458 e. The van der Waals surface area contributed by atoms with Gasteiger partial charge in [0.15, 0.2) is 13.2 Å². The van der Waals surface area contributed by atoms with Crippen molar-refractivity contribution in [3.8, 4) is 0 Å². The van der Waals surface area contributed by atoms with Crippen LogP contribution >= 0.6 is 0 Å². The predicted octanol–water partition coefficient (Wildman–Crippen LogP) is 4.48. The Balaban J connectivity index is 0.000000250. The second kappa shape index (κ2) is 13.9. The maximum absolute atomic E-state index is 12.1. The molecule has 12 heteroatoms. The lowest BCUT2D eigenvalue weighted by Crippen LogP contribution is -2.48. The van der Waals surface area contributed by atoms with Gasteiger partial charge in [0.25, 0.3) is 0 Å². The number of carbonyl (C=O) groups is 6. The van der Waals surface area contributed by atoms with Crippen LogP contribution < -0.4 is 0 Å². The third kappa shape index (κ3) is 8.20. The highest BCUT2D eigenvalue weighted by molar-refractivity contribution is 5.81. The van der Waals surface area contributed by atoms with Gasteiger partial charge in [-0.25, -0.2) is 9.59 Å². The summed E-state index contributed by atoms with van der Waals surface area (Å²) in [6.45, 7) is 17.5. The quantitative estimate of drug-likeness (QED) is 0.241. The van der Waals surface area contributed by atoms with Gasteiger partial charge in [0.05, 0.1) is 22.7 Å². The van der Waals surface area contributed by atoms with Crippen molar-refractivity contribution in [2.75, 3.05) is 13.2 Å². The Morgan fingerprint density at radius 1 is 0.783 bits per heavy atom. The second-order valence-corrected chi connectivity index (χ2v) is 15.1. The molecule has 4 fully saturated rings. The molecule has 2 saturated heterocycles. The van der Waals surface area contributed by atoms with Gasteiger partial charge in [-0.1, -0.05) is 27.7 Å². The van der Waals surface area contributed by atoms with Crippen molar-refractivity contribution in [3.05, 3.63) is 0 Å². The van der Waals surface area contributed by atoms with Crippen LogP contribution in [0.5, 0.6) is 0 Å². The minimum Gasteiger partial charge on any atom is -0.458 e. The predicted molar refractivity (Wildman–Crippen MR) is 163 cm³/mol. The van der Waals surface area contributed by atoms with Gasteiger partial charge in [0, 0.05) is 12.8 Å². The van der Waals surface area contributed by atoms with Crippen molar-refractivity contribution < 1.29 is 57.2 Å². The molecular weight excluding hydrogens is 600 g/mol. The van der Waals surface area contributed by atoms with Crippen molar-refractivity contribution >= 4 is 35.8 Å². The number of hydrogen-bond donors (Lipinski definition) is 0. The molecule has 0 N–H and O–H groups in total. The highest BCUT2D eigenvalue weighted by atomic mass is 16.6. The third-order valence-corrected chi connectivity index (χ3v) is 10.5. The van der Waals surface area contributed by atoms with E-state index in [9.17, 15) is 28.8 Å². The van der Waals surface area contributed by atoms with Crippen LogP contribution in [0, 0.1) is 34.5 Å². The number of ether oxygens (including phenoxy) is 6. The molecule has 2 saturated carbocycles. The van der Waals surface area contributed by atoms with Crippen LogP contribution in [0.15, 0.2) is 0 Å². The fraction of sp³-hybridized carbons (Fsp3) is 0.824. The maximum Gasteiger partial charge on any atom is 0.344 e. The summed E-state index contributed by atoms with van der Waals surface area (Å²) in [7, 11) is 0. The molecule has 0 aromatic carbocycles. The number of hydrogen-bond acceptors (Lipinski definition) is 12. The number of esters is 6. The summed E-state index contributed by atoms with van der Waals surface area (Å²) in [5.74, 6) is -2.50. The van der Waals surface area contributed by atoms with E-state index >= 15 is 0 Å². The molecule has 2 heterocycles. The molecule has 2 aliphatic carbocycles. The normalized spacial score (nSPS) is 33.1. The molecule has 0 aromatic heterocycles. The van der Waals surface area contributed by atoms with Gasteiger partial charge in [-0.15, -0.1) is 0 Å². The number of carbonyl (C=O) groups excluding carboxylic acids is 6. The Kier molecular flexibility index (Phi) is 11.3. The first kappa shape index (κ1) is 37.3. The van der Waals surface area contributed by atoms with E-state index in [1.807, 2.05) is 27.7 Å². The molecule has 0 amide bonds. The molecule has 46 heavy (non-hydrogen) atoms. The average Bonchev–Trinajstić information content (AvgIpc) is 3.48. The van der Waals surface area contributed by atoms with Gasteiger partial charge in [-0.3, -0.25) is 19.2 Å². The zero-order valence-electron chi connectivity index (χ0n) is 29.0. The SMILES string of the molecule is CCC(C)(C)C(=O)OCC(=O)OC1(C)CC(C)C2CC1OC2=O.CCC(C)(C)C(=O)OCC(=O)OC1CC(C)C2CC1(C)OC2=O. The van der Waals surface area contributed by atoms with Gasteiger partial charge in [-0.2, -0.15) is 0 Å². The first-order valence-corrected chi connectivity index (χ1v) is 16.4. The Hall–Kier alpha value is -3.18. The molecule has 0 radical (unpaired) electrons. The Labute approximate surface area is 271 Å². The fourth-order valence-corrected chi connectivity index (χ4v) is 6.29. The van der Waals surface area contributed by atoms with E-state index in [0.717, 1.165) is 0 Å². The monoisotopic (exact) mass is 652 g/mol. The summed E-state index contributed by atoms with van der Waals surface area (Å²) in [6, 6.07) is 0. The van der Waals surface area contributed by atoms with Crippen molar-refractivity contribution in [1.82, 2.24) is 0 Å². The van der Waals surface area contributed by atoms with Gasteiger partial charge < -0.3 is 28.4 Å². The molecule has 260 valence electrons. The van der Waals surface area contributed by atoms with Crippen LogP contribution in [0.25, 0.3) is 0 Å². The van der Waals surface area contributed by atoms with Crippen molar-refractivity contribution in [2.24, 2.45) is 34.5 Å². The van der Waals surface area contributed by atoms with Crippen molar-refractivity contribution in [3.63, 3.8) is 0 Å². The van der Waals surface area contributed by atoms with Gasteiger partial charge >= 0.3 is 35.8 Å². The standard InChI is InChI=1S/2C17H26O6/c1-6-16(3,4)15(20)21-9-13(18)23-17(5)8-10(2)11-7-12(17)22-14(11)19;1-6-16(3,4)15(20)21-9-13(18)22-12-7-10(2)11-8-17(12,5)23-14(11)19/h2*10-12H,6-9H2,1-5H3. The molecule has 12 nitrogen and oxygen atoms in total. The summed E-state index contributed by atoms with van der Waals surface area (Å²) in [6.07, 6.45) is 2.61. The highest BCUT2D eigenvalue weighted by Gasteiger charge is 2.57. The van der Waals surface area contributed by atoms with Gasteiger partial charge in [0.2, 0.25) is 0 Å². The molecule has 2 aliphatic heterocycles. The molecule has 4 bridgehead atoms. The van der Waals surface area contributed by atoms with E-state index in [1.165, 1.54) is 0 Å². The van der Waals surface area contributed by atoms with E-state index in [2.05, 4.69) is 0 Å². The summed E-state index contributed by atoms with van der Waals surface area (Å²) in [4.78, 5) is 71.4. The Bertz CT molecular complexity index is 1210. The zero-order chi connectivity index (χ0) is 34.8. The van der Waals surface area contributed by atoms with E-state index < -0.39 is 71.3 Å². The van der Waals surface area contributed by atoms with E-state index in [0.29, 0.717) is 38.5 Å².